The first-order valence-electron chi connectivity index (χ1n) is 9.38. The second-order valence-corrected chi connectivity index (χ2v) is 7.43. The molecule has 1 heterocycles. The van der Waals surface area contributed by atoms with Gasteiger partial charge in [-0.15, -0.1) is 0 Å². The highest BCUT2D eigenvalue weighted by atomic mass is 79.9. The molecule has 0 fully saturated rings. The van der Waals surface area contributed by atoms with Crippen molar-refractivity contribution in [1.82, 2.24) is 15.8 Å². The van der Waals surface area contributed by atoms with E-state index < -0.39 is 11.8 Å². The summed E-state index contributed by atoms with van der Waals surface area (Å²) in [4.78, 5) is 49.9. The number of fused-ring (bicyclic) bond motifs is 1. The number of ether oxygens (including phenoxy) is 1. The maximum atomic E-state index is 12.4. The predicted octanol–water partition coefficient (Wildman–Crippen LogP) is 2.69. The Morgan fingerprint density at radius 3 is 2.40 bits per heavy atom. The van der Waals surface area contributed by atoms with Crippen LogP contribution in [0.3, 0.4) is 0 Å². The zero-order valence-corrected chi connectivity index (χ0v) is 17.8. The van der Waals surface area contributed by atoms with Gasteiger partial charge >= 0.3 is 0 Å². The van der Waals surface area contributed by atoms with Crippen molar-refractivity contribution in [3.63, 3.8) is 0 Å². The van der Waals surface area contributed by atoms with Crippen molar-refractivity contribution in [2.45, 2.75) is 19.8 Å². The normalized spacial score (nSPS) is 12.5. The van der Waals surface area contributed by atoms with Crippen molar-refractivity contribution in [1.29, 1.82) is 0 Å². The van der Waals surface area contributed by atoms with Crippen LogP contribution < -0.4 is 15.6 Å². The molecule has 4 amide bonds. The van der Waals surface area contributed by atoms with Gasteiger partial charge in [-0.25, -0.2) is 0 Å². The van der Waals surface area contributed by atoms with Gasteiger partial charge in [0.05, 0.1) is 17.7 Å². The van der Waals surface area contributed by atoms with E-state index in [0.717, 1.165) is 4.90 Å². The summed E-state index contributed by atoms with van der Waals surface area (Å²) in [7, 11) is 0. The Hall–Kier alpha value is -3.20. The number of imide groups is 1. The average molecular weight is 474 g/mol. The van der Waals surface area contributed by atoms with Gasteiger partial charge in [-0.05, 0) is 55.8 Å². The molecule has 0 atom stereocenters. The molecule has 0 unspecified atom stereocenters. The molecule has 0 radical (unpaired) electrons. The van der Waals surface area contributed by atoms with E-state index in [2.05, 4.69) is 26.8 Å². The minimum Gasteiger partial charge on any atom is -0.494 e. The summed E-state index contributed by atoms with van der Waals surface area (Å²) in [5.41, 5.74) is 5.74. The van der Waals surface area contributed by atoms with E-state index in [1.165, 1.54) is 0 Å². The zero-order chi connectivity index (χ0) is 21.7. The van der Waals surface area contributed by atoms with E-state index in [9.17, 15) is 19.2 Å². The predicted molar refractivity (Wildman–Crippen MR) is 112 cm³/mol. The lowest BCUT2D eigenvalue weighted by Crippen LogP contribution is -2.42. The molecule has 0 saturated heterocycles. The topological polar surface area (TPSA) is 105 Å². The number of carbonyl (C=O) groups excluding carboxylic acids is 4. The molecule has 2 aromatic rings. The molecule has 0 bridgehead atoms. The van der Waals surface area contributed by atoms with Gasteiger partial charge in [-0.3, -0.25) is 34.9 Å². The van der Waals surface area contributed by atoms with E-state index >= 15 is 0 Å². The van der Waals surface area contributed by atoms with Gasteiger partial charge < -0.3 is 4.74 Å². The number of hydrazine groups is 1. The lowest BCUT2D eigenvalue weighted by atomic mass is 10.1. The lowest BCUT2D eigenvalue weighted by Gasteiger charge is -2.13. The van der Waals surface area contributed by atoms with Gasteiger partial charge in [0.25, 0.3) is 17.7 Å². The maximum Gasteiger partial charge on any atom is 0.269 e. The number of carbonyl (C=O) groups is 4. The first kappa shape index (κ1) is 21.5. The lowest BCUT2D eigenvalue weighted by molar-refractivity contribution is -0.122. The second-order valence-electron chi connectivity index (χ2n) is 6.52. The highest BCUT2D eigenvalue weighted by Gasteiger charge is 2.35. The van der Waals surface area contributed by atoms with Crippen molar-refractivity contribution in [2.75, 3.05) is 13.2 Å². The molecular formula is C21H20BrN3O5. The third kappa shape index (κ3) is 4.85. The minimum atomic E-state index is -0.461. The highest BCUT2D eigenvalue weighted by molar-refractivity contribution is 9.10. The van der Waals surface area contributed by atoms with E-state index in [4.69, 9.17) is 4.74 Å². The molecule has 9 heteroatoms. The molecule has 0 saturated carbocycles. The Balaban J connectivity index is 1.43. The molecule has 30 heavy (non-hydrogen) atoms. The third-order valence-corrected chi connectivity index (χ3v) is 4.95. The number of nitrogens with zero attached hydrogens (tertiary/aromatic N) is 1. The molecule has 0 spiro atoms. The van der Waals surface area contributed by atoms with Gasteiger partial charge in [-0.2, -0.15) is 0 Å². The Morgan fingerprint density at radius 1 is 1.00 bits per heavy atom. The summed E-state index contributed by atoms with van der Waals surface area (Å²) in [6, 6.07) is 11.4. The molecule has 0 aliphatic carbocycles. The fourth-order valence-corrected chi connectivity index (χ4v) is 3.36. The molecule has 0 aromatic heterocycles. The van der Waals surface area contributed by atoms with Gasteiger partial charge in [-0.1, -0.05) is 15.9 Å². The number of rotatable bonds is 7. The van der Waals surface area contributed by atoms with Crippen LogP contribution >= 0.6 is 15.9 Å². The van der Waals surface area contributed by atoms with Crippen LogP contribution in [-0.4, -0.2) is 41.7 Å². The molecule has 2 N–H and O–H groups in total. The molecule has 1 aliphatic heterocycles. The number of amides is 4. The number of hydrogen-bond donors (Lipinski definition) is 2. The van der Waals surface area contributed by atoms with Crippen LogP contribution in [-0.2, 0) is 4.79 Å². The first-order chi connectivity index (χ1) is 14.4. The van der Waals surface area contributed by atoms with Crippen LogP contribution in [0.2, 0.25) is 0 Å². The van der Waals surface area contributed by atoms with Crippen LogP contribution in [0, 0.1) is 0 Å². The Morgan fingerprint density at radius 2 is 1.70 bits per heavy atom. The number of halogens is 1. The SMILES string of the molecule is CCOc1ccc(C(=O)NNC(=O)CCCN2C(=O)c3ccc(Br)cc3C2=O)cc1. The summed E-state index contributed by atoms with van der Waals surface area (Å²) in [5.74, 6) is -0.975. The first-order valence-corrected chi connectivity index (χ1v) is 10.2. The summed E-state index contributed by atoms with van der Waals surface area (Å²) in [6.07, 6.45) is 0.318. The molecule has 1 aliphatic rings. The summed E-state index contributed by atoms with van der Waals surface area (Å²) >= 11 is 3.28. The maximum absolute atomic E-state index is 12.4. The van der Waals surface area contributed by atoms with Crippen LogP contribution in [0.4, 0.5) is 0 Å². The standard InChI is InChI=1S/C21H20BrN3O5/c1-2-30-15-8-5-13(6-9-15)19(27)24-23-18(26)4-3-11-25-20(28)16-10-7-14(22)12-17(16)21(25)29/h5-10,12H,2-4,11H2,1H3,(H,23,26)(H,24,27). The molecule has 2 aromatic carbocycles. The Kier molecular flexibility index (Phi) is 6.83. The summed E-state index contributed by atoms with van der Waals surface area (Å²) < 4.78 is 6.03. The number of benzene rings is 2. The largest absolute Gasteiger partial charge is 0.494 e. The Labute approximate surface area is 181 Å². The van der Waals surface area contributed by atoms with Crippen LogP contribution in [0.5, 0.6) is 5.75 Å². The van der Waals surface area contributed by atoms with E-state index in [-0.39, 0.29) is 31.2 Å². The van der Waals surface area contributed by atoms with Gasteiger partial charge in [0.2, 0.25) is 5.91 Å². The van der Waals surface area contributed by atoms with Crippen molar-refractivity contribution >= 4 is 39.6 Å². The monoisotopic (exact) mass is 473 g/mol. The van der Waals surface area contributed by atoms with Gasteiger partial charge in [0, 0.05) is 23.0 Å². The molecule has 156 valence electrons. The van der Waals surface area contributed by atoms with Crippen molar-refractivity contribution in [3.8, 4) is 5.75 Å². The number of hydrogen-bond acceptors (Lipinski definition) is 5. The fourth-order valence-electron chi connectivity index (χ4n) is 2.99. The van der Waals surface area contributed by atoms with Gasteiger partial charge in [0.15, 0.2) is 0 Å². The van der Waals surface area contributed by atoms with Crippen LogP contribution in [0.1, 0.15) is 50.8 Å². The molecule has 8 nitrogen and oxygen atoms in total. The molecule has 3 rings (SSSR count). The third-order valence-electron chi connectivity index (χ3n) is 4.46. The summed E-state index contributed by atoms with van der Waals surface area (Å²) in [6.45, 7) is 2.51. The highest BCUT2D eigenvalue weighted by Crippen LogP contribution is 2.26. The van der Waals surface area contributed by atoms with Crippen LogP contribution in [0.25, 0.3) is 0 Å². The second kappa shape index (κ2) is 9.53. The van der Waals surface area contributed by atoms with Crippen molar-refractivity contribution in [3.05, 3.63) is 63.6 Å². The minimum absolute atomic E-state index is 0.0423. The van der Waals surface area contributed by atoms with E-state index in [1.54, 1.807) is 42.5 Å². The number of nitrogens with one attached hydrogen (secondary N) is 2. The van der Waals surface area contributed by atoms with E-state index in [1.807, 2.05) is 6.92 Å². The summed E-state index contributed by atoms with van der Waals surface area (Å²) in [5, 5.41) is 0. The Bertz CT molecular complexity index is 991. The smallest absolute Gasteiger partial charge is 0.269 e. The van der Waals surface area contributed by atoms with E-state index in [0.29, 0.717) is 33.5 Å². The fraction of sp³-hybridized carbons (Fsp3) is 0.238. The van der Waals surface area contributed by atoms with Gasteiger partial charge in [0.1, 0.15) is 5.75 Å². The quantitative estimate of drug-likeness (QED) is 0.475. The molecular weight excluding hydrogens is 454 g/mol. The van der Waals surface area contributed by atoms with Crippen molar-refractivity contribution < 1.29 is 23.9 Å². The van der Waals surface area contributed by atoms with Crippen LogP contribution in [0.15, 0.2) is 46.9 Å². The van der Waals surface area contributed by atoms with Crippen molar-refractivity contribution in [2.24, 2.45) is 0 Å². The average Bonchev–Trinajstić information content (AvgIpc) is 2.97. The zero-order valence-electron chi connectivity index (χ0n) is 16.2.